The Hall–Kier alpha value is -2.96. The average molecular weight is 418 g/mol. The van der Waals surface area contributed by atoms with E-state index in [1.165, 1.54) is 16.6 Å². The molecule has 0 radical (unpaired) electrons. The van der Waals surface area contributed by atoms with Gasteiger partial charge in [0.25, 0.3) is 5.56 Å². The van der Waals surface area contributed by atoms with Crippen molar-refractivity contribution in [1.29, 1.82) is 0 Å². The summed E-state index contributed by atoms with van der Waals surface area (Å²) in [6, 6.07) is 17.3. The van der Waals surface area contributed by atoms with E-state index in [0.29, 0.717) is 0 Å². The molecule has 0 bridgehead atoms. The maximum absolute atomic E-state index is 12.9. The zero-order valence-corrected chi connectivity index (χ0v) is 17.8. The van der Waals surface area contributed by atoms with Gasteiger partial charge >= 0.3 is 0 Å². The van der Waals surface area contributed by atoms with Crippen LogP contribution in [0.4, 0.5) is 0 Å². The van der Waals surface area contributed by atoms with Crippen LogP contribution in [-0.4, -0.2) is 26.1 Å². The molecule has 0 saturated heterocycles. The van der Waals surface area contributed by atoms with Gasteiger partial charge in [-0.3, -0.25) is 13.6 Å². The van der Waals surface area contributed by atoms with Crippen molar-refractivity contribution in [3.63, 3.8) is 0 Å². The number of aryl methyl sites for hydroxylation is 1. The largest absolute Gasteiger partial charge is 0.347 e. The number of nitrogens with one attached hydrogen (secondary N) is 1. The van der Waals surface area contributed by atoms with Crippen LogP contribution in [0.3, 0.4) is 0 Å². The number of fused-ring (bicyclic) bond motifs is 3. The maximum atomic E-state index is 12.9. The molecule has 1 aliphatic heterocycles. The van der Waals surface area contributed by atoms with E-state index in [-0.39, 0.29) is 5.56 Å². The van der Waals surface area contributed by atoms with Gasteiger partial charge in [-0.25, -0.2) is 0 Å². The van der Waals surface area contributed by atoms with Gasteiger partial charge in [0, 0.05) is 71.9 Å². The van der Waals surface area contributed by atoms with Crippen molar-refractivity contribution in [2.24, 2.45) is 7.05 Å². The van der Waals surface area contributed by atoms with E-state index < -0.39 is 10.8 Å². The van der Waals surface area contributed by atoms with E-state index in [9.17, 15) is 9.00 Å². The highest BCUT2D eigenvalue weighted by Crippen LogP contribution is 2.29. The lowest BCUT2D eigenvalue weighted by Gasteiger charge is -2.14. The number of nitrogens with zero attached hydrogens (tertiary/aromatic N) is 2. The third kappa shape index (κ3) is 3.13. The third-order valence-corrected chi connectivity index (χ3v) is 6.91. The minimum atomic E-state index is -1.01. The van der Waals surface area contributed by atoms with E-state index in [2.05, 4.69) is 29.1 Å². The summed E-state index contributed by atoms with van der Waals surface area (Å²) in [6.45, 7) is 1.89. The Kier molecular flexibility index (Phi) is 4.68. The molecule has 0 amide bonds. The van der Waals surface area contributed by atoms with Gasteiger partial charge in [0.15, 0.2) is 0 Å². The molecule has 0 spiro atoms. The summed E-state index contributed by atoms with van der Waals surface area (Å²) < 4.78 is 15.5. The molecule has 152 valence electrons. The molecule has 1 N–H and O–H groups in total. The molecule has 5 rings (SSSR count). The molecule has 1 unspecified atom stereocenters. The lowest BCUT2D eigenvalue weighted by atomic mass is 10.1. The van der Waals surface area contributed by atoms with Crippen molar-refractivity contribution in [2.75, 3.05) is 12.8 Å². The predicted octanol–water partition coefficient (Wildman–Crippen LogP) is 3.38. The number of rotatable bonds is 3. The summed E-state index contributed by atoms with van der Waals surface area (Å²) in [4.78, 5) is 13.7. The molecular weight excluding hydrogens is 394 g/mol. The summed E-state index contributed by atoms with van der Waals surface area (Å²) in [7, 11) is 1.10. The molecule has 1 atom stereocenters. The van der Waals surface area contributed by atoms with Gasteiger partial charge in [-0.1, -0.05) is 18.2 Å². The monoisotopic (exact) mass is 417 g/mol. The first-order valence-electron chi connectivity index (χ1n) is 10.0. The van der Waals surface area contributed by atoms with Gasteiger partial charge in [-0.2, -0.15) is 0 Å². The van der Waals surface area contributed by atoms with E-state index in [4.69, 9.17) is 0 Å². The average Bonchev–Trinajstić information content (AvgIpc) is 3.06. The number of hydrogen-bond acceptors (Lipinski definition) is 3. The zero-order valence-electron chi connectivity index (χ0n) is 17.0. The third-order valence-electron chi connectivity index (χ3n) is 5.98. The highest BCUT2D eigenvalue weighted by molar-refractivity contribution is 7.84. The molecule has 30 heavy (non-hydrogen) atoms. The van der Waals surface area contributed by atoms with Crippen LogP contribution in [0.25, 0.3) is 27.7 Å². The Balaban J connectivity index is 1.54. The Morgan fingerprint density at radius 1 is 1.00 bits per heavy atom. The second kappa shape index (κ2) is 7.38. The Morgan fingerprint density at radius 2 is 1.80 bits per heavy atom. The molecule has 2 aromatic heterocycles. The van der Waals surface area contributed by atoms with E-state index >= 15 is 0 Å². The van der Waals surface area contributed by atoms with Crippen molar-refractivity contribution >= 4 is 21.7 Å². The van der Waals surface area contributed by atoms with E-state index in [0.717, 1.165) is 46.7 Å². The van der Waals surface area contributed by atoms with E-state index in [1.807, 2.05) is 42.6 Å². The zero-order chi connectivity index (χ0) is 20.8. The highest BCUT2D eigenvalue weighted by Gasteiger charge is 2.18. The lowest BCUT2D eigenvalue weighted by molar-refractivity contribution is 0.622. The smallest absolute Gasteiger partial charge is 0.255 e. The second-order valence-electron chi connectivity index (χ2n) is 7.71. The van der Waals surface area contributed by atoms with Crippen molar-refractivity contribution in [1.82, 2.24) is 14.5 Å². The molecule has 0 aliphatic carbocycles. The van der Waals surface area contributed by atoms with Crippen LogP contribution in [0, 0.1) is 0 Å². The van der Waals surface area contributed by atoms with Crippen LogP contribution in [0.15, 0.2) is 70.5 Å². The van der Waals surface area contributed by atoms with E-state index in [1.54, 1.807) is 16.9 Å². The standard InChI is InChI=1S/C24H23N3O2S/c1-26-22-9-11-25-15-21(22)20-8-5-18(14-23(20)26)27-12-10-17(13-24(27)28)16-3-6-19(7-4-16)30(2)29/h3-8,10,12-14,25H,9,11,15H2,1-2H3. The highest BCUT2D eigenvalue weighted by atomic mass is 32.2. The first-order valence-corrected chi connectivity index (χ1v) is 11.6. The molecule has 5 nitrogen and oxygen atoms in total. The van der Waals surface area contributed by atoms with Crippen LogP contribution >= 0.6 is 0 Å². The minimum absolute atomic E-state index is 0.0735. The molecule has 4 aromatic rings. The first kappa shape index (κ1) is 19.0. The lowest BCUT2D eigenvalue weighted by Crippen LogP contribution is -2.24. The Bertz CT molecular complexity index is 1350. The van der Waals surface area contributed by atoms with Gasteiger partial charge in [-0.15, -0.1) is 0 Å². The fourth-order valence-corrected chi connectivity index (χ4v) is 4.87. The molecule has 0 saturated carbocycles. The minimum Gasteiger partial charge on any atom is -0.347 e. The van der Waals surface area contributed by atoms with Crippen LogP contribution in [0.1, 0.15) is 11.3 Å². The fraction of sp³-hybridized carbons (Fsp3) is 0.208. The second-order valence-corrected chi connectivity index (χ2v) is 9.09. The molecular formula is C24H23N3O2S. The normalized spacial score (nSPS) is 14.6. The van der Waals surface area contributed by atoms with Gasteiger partial charge in [0.05, 0.1) is 11.2 Å². The van der Waals surface area contributed by atoms with Crippen LogP contribution in [0.5, 0.6) is 0 Å². The molecule has 6 heteroatoms. The summed E-state index contributed by atoms with van der Waals surface area (Å²) in [5.41, 5.74) is 6.47. The maximum Gasteiger partial charge on any atom is 0.255 e. The van der Waals surface area contributed by atoms with Gasteiger partial charge in [0.2, 0.25) is 0 Å². The number of benzene rings is 2. The Labute approximate surface area is 177 Å². The fourth-order valence-electron chi connectivity index (χ4n) is 4.35. The van der Waals surface area contributed by atoms with Gasteiger partial charge in [0.1, 0.15) is 0 Å². The Morgan fingerprint density at radius 3 is 2.53 bits per heavy atom. The predicted molar refractivity (Wildman–Crippen MR) is 122 cm³/mol. The number of aromatic nitrogens is 2. The van der Waals surface area contributed by atoms with Crippen molar-refractivity contribution in [3.8, 4) is 16.8 Å². The van der Waals surface area contributed by atoms with Crippen LogP contribution in [0.2, 0.25) is 0 Å². The first-order chi connectivity index (χ1) is 14.5. The van der Waals surface area contributed by atoms with Crippen LogP contribution in [-0.2, 0) is 30.8 Å². The molecule has 2 aromatic carbocycles. The van der Waals surface area contributed by atoms with Gasteiger partial charge < -0.3 is 9.88 Å². The summed E-state index contributed by atoms with van der Waals surface area (Å²) >= 11 is 0. The van der Waals surface area contributed by atoms with Crippen LogP contribution < -0.4 is 10.9 Å². The summed E-state index contributed by atoms with van der Waals surface area (Å²) in [5.74, 6) is 0. The quantitative estimate of drug-likeness (QED) is 0.556. The van der Waals surface area contributed by atoms with Gasteiger partial charge in [-0.05, 0) is 47.0 Å². The van der Waals surface area contributed by atoms with Crippen molar-refractivity contribution in [3.05, 3.63) is 82.4 Å². The van der Waals surface area contributed by atoms with Crippen molar-refractivity contribution < 1.29 is 4.21 Å². The molecule has 1 aliphatic rings. The SMILES string of the molecule is Cn1c2c(c3ccc(-n4ccc(-c5ccc(S(C)=O)cc5)cc4=O)cc31)CNCC2. The molecule has 3 heterocycles. The topological polar surface area (TPSA) is 56.0 Å². The summed E-state index contributed by atoms with van der Waals surface area (Å²) in [5, 5.41) is 4.70. The molecule has 0 fully saturated rings. The number of pyridine rings is 1. The summed E-state index contributed by atoms with van der Waals surface area (Å²) in [6.07, 6.45) is 4.51. The number of hydrogen-bond donors (Lipinski definition) is 1. The van der Waals surface area contributed by atoms with Crippen molar-refractivity contribution in [2.45, 2.75) is 17.9 Å².